The molecular formula is C13H14ClNO. The fraction of sp³-hybridized carbons (Fsp3) is 0.308. The Labute approximate surface area is 100 Å². The van der Waals surface area contributed by atoms with E-state index in [-0.39, 0.29) is 5.78 Å². The Bertz CT molecular complexity index is 467. The summed E-state index contributed by atoms with van der Waals surface area (Å²) in [5, 5.41) is 0.663. The summed E-state index contributed by atoms with van der Waals surface area (Å²) < 4.78 is 0. The molecule has 1 aromatic rings. The van der Waals surface area contributed by atoms with Gasteiger partial charge in [-0.2, -0.15) is 0 Å². The Morgan fingerprint density at radius 3 is 2.94 bits per heavy atom. The summed E-state index contributed by atoms with van der Waals surface area (Å²) in [6, 6.07) is 5.45. The molecule has 2 N–H and O–H groups in total. The average molecular weight is 236 g/mol. The van der Waals surface area contributed by atoms with Crippen molar-refractivity contribution in [1.82, 2.24) is 0 Å². The number of nitrogens with two attached hydrogens (primary N) is 1. The standard InChI is InChI=1S/C13H14ClNO/c1-2-3-12(16)13(15)7-6-9-8-10(14)4-5-11(9)13/h4-8H,2-3,15H2,1H3/t13-/m1/s1. The Balaban J connectivity index is 2.43. The van der Waals surface area contributed by atoms with E-state index in [0.717, 1.165) is 17.5 Å². The van der Waals surface area contributed by atoms with Crippen LogP contribution < -0.4 is 5.73 Å². The molecule has 0 spiro atoms. The van der Waals surface area contributed by atoms with Gasteiger partial charge in [-0.25, -0.2) is 0 Å². The Morgan fingerprint density at radius 1 is 1.50 bits per heavy atom. The van der Waals surface area contributed by atoms with E-state index in [1.807, 2.05) is 25.1 Å². The molecule has 0 aliphatic heterocycles. The minimum Gasteiger partial charge on any atom is -0.312 e. The molecule has 0 amide bonds. The average Bonchev–Trinajstić information content (AvgIpc) is 2.58. The summed E-state index contributed by atoms with van der Waals surface area (Å²) >= 11 is 5.90. The van der Waals surface area contributed by atoms with Crippen LogP contribution in [0.3, 0.4) is 0 Å². The van der Waals surface area contributed by atoms with Crippen molar-refractivity contribution >= 4 is 23.5 Å². The van der Waals surface area contributed by atoms with Crippen molar-refractivity contribution in [1.29, 1.82) is 0 Å². The van der Waals surface area contributed by atoms with Crippen LogP contribution in [0.2, 0.25) is 5.02 Å². The number of benzene rings is 1. The molecule has 0 saturated carbocycles. The highest BCUT2D eigenvalue weighted by Gasteiger charge is 2.36. The van der Waals surface area contributed by atoms with Crippen LogP contribution in [0, 0.1) is 0 Å². The number of Topliss-reactive ketones (excluding diaryl/α,β-unsaturated/α-hetero) is 1. The van der Waals surface area contributed by atoms with Crippen molar-refractivity contribution in [2.24, 2.45) is 5.73 Å². The lowest BCUT2D eigenvalue weighted by molar-refractivity contribution is -0.122. The molecular weight excluding hydrogens is 222 g/mol. The molecule has 0 fully saturated rings. The van der Waals surface area contributed by atoms with E-state index in [1.165, 1.54) is 0 Å². The molecule has 0 radical (unpaired) electrons. The van der Waals surface area contributed by atoms with E-state index in [0.29, 0.717) is 11.4 Å². The van der Waals surface area contributed by atoms with E-state index in [9.17, 15) is 4.79 Å². The zero-order chi connectivity index (χ0) is 11.8. The second-order valence-electron chi connectivity index (χ2n) is 4.11. The molecule has 0 saturated heterocycles. The van der Waals surface area contributed by atoms with Crippen LogP contribution in [0.1, 0.15) is 30.9 Å². The van der Waals surface area contributed by atoms with Crippen molar-refractivity contribution in [2.75, 3.05) is 0 Å². The summed E-state index contributed by atoms with van der Waals surface area (Å²) in [7, 11) is 0. The highest BCUT2D eigenvalue weighted by molar-refractivity contribution is 6.30. The maximum absolute atomic E-state index is 12.0. The maximum atomic E-state index is 12.0. The predicted molar refractivity (Wildman–Crippen MR) is 66.3 cm³/mol. The number of carbonyl (C=O) groups excluding carboxylic acids is 1. The molecule has 1 aliphatic carbocycles. The second-order valence-corrected chi connectivity index (χ2v) is 4.54. The first kappa shape index (κ1) is 11.4. The van der Waals surface area contributed by atoms with Gasteiger partial charge in [-0.15, -0.1) is 0 Å². The third-order valence-corrected chi connectivity index (χ3v) is 3.16. The third-order valence-electron chi connectivity index (χ3n) is 2.92. The van der Waals surface area contributed by atoms with Crippen LogP contribution in [-0.4, -0.2) is 5.78 Å². The topological polar surface area (TPSA) is 43.1 Å². The summed E-state index contributed by atoms with van der Waals surface area (Å²) in [5.41, 5.74) is 7.02. The number of ketones is 1. The van der Waals surface area contributed by atoms with Crippen molar-refractivity contribution in [2.45, 2.75) is 25.3 Å². The summed E-state index contributed by atoms with van der Waals surface area (Å²) in [6.07, 6.45) is 4.96. The fourth-order valence-electron chi connectivity index (χ4n) is 2.04. The predicted octanol–water partition coefficient (Wildman–Crippen LogP) is 2.89. The van der Waals surface area contributed by atoms with Crippen molar-refractivity contribution < 1.29 is 4.79 Å². The van der Waals surface area contributed by atoms with Gasteiger partial charge in [0, 0.05) is 11.4 Å². The lowest BCUT2D eigenvalue weighted by Gasteiger charge is -2.22. The lowest BCUT2D eigenvalue weighted by Crippen LogP contribution is -2.41. The van der Waals surface area contributed by atoms with Gasteiger partial charge >= 0.3 is 0 Å². The molecule has 2 nitrogen and oxygen atoms in total. The minimum atomic E-state index is -0.948. The number of carbonyl (C=O) groups is 1. The van der Waals surface area contributed by atoms with Crippen LogP contribution >= 0.6 is 11.6 Å². The molecule has 2 rings (SSSR count). The Morgan fingerprint density at radius 2 is 2.25 bits per heavy atom. The zero-order valence-corrected chi connectivity index (χ0v) is 9.92. The largest absolute Gasteiger partial charge is 0.312 e. The van der Waals surface area contributed by atoms with Crippen molar-refractivity contribution in [3.8, 4) is 0 Å². The molecule has 0 bridgehead atoms. The number of fused-ring (bicyclic) bond motifs is 1. The first-order chi connectivity index (χ1) is 7.58. The first-order valence-electron chi connectivity index (χ1n) is 5.39. The summed E-state index contributed by atoms with van der Waals surface area (Å²) in [4.78, 5) is 12.0. The molecule has 0 heterocycles. The highest BCUT2D eigenvalue weighted by Crippen LogP contribution is 2.35. The number of rotatable bonds is 3. The van der Waals surface area contributed by atoms with E-state index >= 15 is 0 Å². The minimum absolute atomic E-state index is 0.0623. The van der Waals surface area contributed by atoms with Crippen LogP contribution in [0.15, 0.2) is 24.3 Å². The maximum Gasteiger partial charge on any atom is 0.161 e. The molecule has 0 unspecified atom stereocenters. The fourth-order valence-corrected chi connectivity index (χ4v) is 2.22. The van der Waals surface area contributed by atoms with Gasteiger partial charge in [0.05, 0.1) is 0 Å². The van der Waals surface area contributed by atoms with Gasteiger partial charge in [-0.3, -0.25) is 4.79 Å². The zero-order valence-electron chi connectivity index (χ0n) is 9.16. The van der Waals surface area contributed by atoms with Crippen molar-refractivity contribution in [3.63, 3.8) is 0 Å². The van der Waals surface area contributed by atoms with E-state index in [2.05, 4.69) is 0 Å². The normalized spacial score (nSPS) is 22.2. The third kappa shape index (κ3) is 1.68. The first-order valence-corrected chi connectivity index (χ1v) is 5.77. The van der Waals surface area contributed by atoms with Gasteiger partial charge in [-0.1, -0.05) is 36.7 Å². The van der Waals surface area contributed by atoms with E-state index in [4.69, 9.17) is 17.3 Å². The molecule has 0 aromatic heterocycles. The Kier molecular flexibility index (Phi) is 2.87. The summed E-state index contributed by atoms with van der Waals surface area (Å²) in [6.45, 7) is 1.97. The van der Waals surface area contributed by atoms with Gasteiger partial charge in [0.15, 0.2) is 5.78 Å². The van der Waals surface area contributed by atoms with Gasteiger partial charge in [0.25, 0.3) is 0 Å². The molecule has 3 heteroatoms. The van der Waals surface area contributed by atoms with E-state index in [1.54, 1.807) is 12.1 Å². The monoisotopic (exact) mass is 235 g/mol. The second kappa shape index (κ2) is 4.04. The molecule has 1 aromatic carbocycles. The van der Waals surface area contributed by atoms with Crippen LogP contribution in [0.5, 0.6) is 0 Å². The van der Waals surface area contributed by atoms with E-state index < -0.39 is 5.54 Å². The molecule has 84 valence electrons. The Hall–Kier alpha value is -1.12. The molecule has 1 aliphatic rings. The quantitative estimate of drug-likeness (QED) is 0.876. The van der Waals surface area contributed by atoms with Crippen LogP contribution in [-0.2, 0) is 10.3 Å². The highest BCUT2D eigenvalue weighted by atomic mass is 35.5. The van der Waals surface area contributed by atoms with Gasteiger partial charge in [-0.05, 0) is 29.7 Å². The number of halogens is 1. The van der Waals surface area contributed by atoms with Gasteiger partial charge in [0.2, 0.25) is 0 Å². The lowest BCUT2D eigenvalue weighted by atomic mass is 9.87. The van der Waals surface area contributed by atoms with Gasteiger partial charge < -0.3 is 5.73 Å². The smallest absolute Gasteiger partial charge is 0.161 e. The van der Waals surface area contributed by atoms with Crippen LogP contribution in [0.4, 0.5) is 0 Å². The van der Waals surface area contributed by atoms with Crippen molar-refractivity contribution in [3.05, 3.63) is 40.4 Å². The van der Waals surface area contributed by atoms with Crippen LogP contribution in [0.25, 0.3) is 6.08 Å². The summed E-state index contributed by atoms with van der Waals surface area (Å²) in [5.74, 6) is 0.0623. The SMILES string of the molecule is CCCC(=O)[C@@]1(N)C=Cc2cc(Cl)ccc21. The molecule has 16 heavy (non-hydrogen) atoms. The number of hydrogen-bond donors (Lipinski definition) is 1. The van der Waals surface area contributed by atoms with Gasteiger partial charge in [0.1, 0.15) is 5.54 Å². The number of hydrogen-bond acceptors (Lipinski definition) is 2. The molecule has 1 atom stereocenters.